The molecule has 0 saturated heterocycles. The number of nitrogens with zero attached hydrogens (tertiary/aromatic N) is 2. The van der Waals surface area contributed by atoms with Crippen molar-refractivity contribution in [1.82, 2.24) is 5.43 Å². The smallest absolute Gasteiger partial charge is 0.277 e. The molecule has 0 aliphatic carbocycles. The summed E-state index contributed by atoms with van der Waals surface area (Å²) in [5, 5.41) is 4.05. The van der Waals surface area contributed by atoms with E-state index in [4.69, 9.17) is 4.74 Å². The van der Waals surface area contributed by atoms with Crippen LogP contribution >= 0.6 is 0 Å². The predicted molar refractivity (Wildman–Crippen MR) is 121 cm³/mol. The van der Waals surface area contributed by atoms with Crippen LogP contribution in [0.15, 0.2) is 41.5 Å². The summed E-state index contributed by atoms with van der Waals surface area (Å²) in [6, 6.07) is 12.3. The Labute approximate surface area is 174 Å². The molecule has 5 nitrogen and oxygen atoms in total. The molecule has 0 aromatic heterocycles. The average molecular weight is 396 g/mol. The van der Waals surface area contributed by atoms with E-state index in [-0.39, 0.29) is 12.5 Å². The summed E-state index contributed by atoms with van der Waals surface area (Å²) in [5.41, 5.74) is 7.90. The van der Waals surface area contributed by atoms with E-state index in [1.54, 1.807) is 6.21 Å². The summed E-state index contributed by atoms with van der Waals surface area (Å²) in [4.78, 5) is 14.4. The largest absolute Gasteiger partial charge is 0.483 e. The van der Waals surface area contributed by atoms with Gasteiger partial charge < -0.3 is 9.64 Å². The molecule has 0 saturated carbocycles. The molecule has 1 N–H and O–H groups in total. The molecule has 0 radical (unpaired) electrons. The summed E-state index contributed by atoms with van der Waals surface area (Å²) >= 11 is 0. The van der Waals surface area contributed by atoms with Crippen molar-refractivity contribution in [3.63, 3.8) is 0 Å². The third-order valence-corrected chi connectivity index (χ3v) is 4.87. The van der Waals surface area contributed by atoms with E-state index < -0.39 is 0 Å². The Hall–Kier alpha value is -2.82. The van der Waals surface area contributed by atoms with Crippen molar-refractivity contribution in [1.29, 1.82) is 0 Å². The maximum Gasteiger partial charge on any atom is 0.277 e. The van der Waals surface area contributed by atoms with E-state index in [9.17, 15) is 4.79 Å². The van der Waals surface area contributed by atoms with Crippen LogP contribution in [0.1, 0.15) is 48.9 Å². The number of hydrogen-bond donors (Lipinski definition) is 1. The molecule has 0 fully saturated rings. The van der Waals surface area contributed by atoms with Gasteiger partial charge in [0, 0.05) is 18.8 Å². The van der Waals surface area contributed by atoms with Gasteiger partial charge in [-0.3, -0.25) is 4.79 Å². The first kappa shape index (κ1) is 22.5. The van der Waals surface area contributed by atoms with Gasteiger partial charge in [-0.25, -0.2) is 5.43 Å². The molecule has 2 aromatic rings. The number of ether oxygens (including phenoxy) is 1. The summed E-state index contributed by atoms with van der Waals surface area (Å²) in [6.07, 6.45) is 3.90. The number of hydrogen-bond acceptors (Lipinski definition) is 4. The van der Waals surface area contributed by atoms with Crippen LogP contribution < -0.4 is 15.1 Å². The van der Waals surface area contributed by atoms with Gasteiger partial charge in [0.2, 0.25) is 0 Å². The highest BCUT2D eigenvalue weighted by atomic mass is 16.5. The maximum absolute atomic E-state index is 12.0. The standard InChI is InChI=1S/C24H33N3O2/c1-6-14-27(15-7-2)22-12-10-21(11-13-22)16-25-26-23(28)17-29-24-19(4)9-8-18(3)20(24)5/h8-13,16H,6-7,14-15,17H2,1-5H3,(H,26,28)/b25-16-. The highest BCUT2D eigenvalue weighted by molar-refractivity contribution is 5.83. The third-order valence-electron chi connectivity index (χ3n) is 4.87. The zero-order chi connectivity index (χ0) is 21.2. The van der Waals surface area contributed by atoms with Crippen molar-refractivity contribution in [3.05, 3.63) is 58.7 Å². The number of amides is 1. The number of benzene rings is 2. The summed E-state index contributed by atoms with van der Waals surface area (Å²) < 4.78 is 5.71. The number of hydrazone groups is 1. The van der Waals surface area contributed by atoms with Crippen LogP contribution in [0.5, 0.6) is 5.75 Å². The average Bonchev–Trinajstić information content (AvgIpc) is 2.71. The Kier molecular flexibility index (Phi) is 8.71. The SMILES string of the molecule is CCCN(CCC)c1ccc(/C=N\NC(=O)COc2c(C)ccc(C)c2C)cc1. The van der Waals surface area contributed by atoms with Crippen molar-refractivity contribution in [2.75, 3.05) is 24.6 Å². The van der Waals surface area contributed by atoms with E-state index in [1.165, 1.54) is 5.69 Å². The number of rotatable bonds is 10. The molecule has 1 amide bonds. The molecule has 0 bridgehead atoms. The summed E-state index contributed by atoms with van der Waals surface area (Å²) in [5.74, 6) is 0.485. The van der Waals surface area contributed by atoms with Crippen LogP contribution in [-0.2, 0) is 4.79 Å². The monoisotopic (exact) mass is 395 g/mol. The maximum atomic E-state index is 12.0. The number of carbonyl (C=O) groups is 1. The Bertz CT molecular complexity index is 823. The fraction of sp³-hybridized carbons (Fsp3) is 0.417. The zero-order valence-electron chi connectivity index (χ0n) is 18.3. The van der Waals surface area contributed by atoms with E-state index in [0.717, 1.165) is 53.9 Å². The van der Waals surface area contributed by atoms with Gasteiger partial charge in [0.05, 0.1) is 6.21 Å². The quantitative estimate of drug-likeness (QED) is 0.466. The molecule has 2 aromatic carbocycles. The number of nitrogens with one attached hydrogen (secondary N) is 1. The van der Waals surface area contributed by atoms with Crippen molar-refractivity contribution >= 4 is 17.8 Å². The molecule has 0 heterocycles. The molecule has 156 valence electrons. The van der Waals surface area contributed by atoms with Gasteiger partial charge in [-0.15, -0.1) is 0 Å². The second-order valence-corrected chi connectivity index (χ2v) is 7.31. The summed E-state index contributed by atoms with van der Waals surface area (Å²) in [6.45, 7) is 12.4. The minimum absolute atomic E-state index is 0.0651. The van der Waals surface area contributed by atoms with Crippen molar-refractivity contribution in [2.45, 2.75) is 47.5 Å². The number of anilines is 1. The molecular formula is C24H33N3O2. The normalized spacial score (nSPS) is 10.9. The summed E-state index contributed by atoms with van der Waals surface area (Å²) in [7, 11) is 0. The molecule has 2 rings (SSSR count). The molecule has 0 unspecified atom stereocenters. The van der Waals surface area contributed by atoms with E-state index in [1.807, 2.05) is 39.0 Å². The van der Waals surface area contributed by atoms with Gasteiger partial charge in [0.25, 0.3) is 5.91 Å². The van der Waals surface area contributed by atoms with Crippen molar-refractivity contribution in [2.24, 2.45) is 5.10 Å². The second-order valence-electron chi connectivity index (χ2n) is 7.31. The molecule has 0 aliphatic heterocycles. The topological polar surface area (TPSA) is 53.9 Å². The van der Waals surface area contributed by atoms with Gasteiger partial charge in [0.15, 0.2) is 6.61 Å². The Morgan fingerprint density at radius 2 is 1.62 bits per heavy atom. The van der Waals surface area contributed by atoms with E-state index in [0.29, 0.717) is 0 Å². The first-order valence-corrected chi connectivity index (χ1v) is 10.3. The highest BCUT2D eigenvalue weighted by Crippen LogP contribution is 2.25. The molecule has 0 atom stereocenters. The Balaban J connectivity index is 1.88. The highest BCUT2D eigenvalue weighted by Gasteiger charge is 2.09. The molecular weight excluding hydrogens is 362 g/mol. The molecule has 5 heteroatoms. The minimum atomic E-state index is -0.282. The van der Waals surface area contributed by atoms with Crippen LogP contribution in [0.3, 0.4) is 0 Å². The van der Waals surface area contributed by atoms with Gasteiger partial charge in [0.1, 0.15) is 5.75 Å². The van der Waals surface area contributed by atoms with Gasteiger partial charge in [-0.05, 0) is 68.0 Å². The Morgan fingerprint density at radius 3 is 2.24 bits per heavy atom. The number of aryl methyl sites for hydroxylation is 2. The van der Waals surface area contributed by atoms with Gasteiger partial charge >= 0.3 is 0 Å². The van der Waals surface area contributed by atoms with Gasteiger partial charge in [-0.2, -0.15) is 5.10 Å². The third kappa shape index (κ3) is 6.63. The minimum Gasteiger partial charge on any atom is -0.483 e. The van der Waals surface area contributed by atoms with Gasteiger partial charge in [-0.1, -0.05) is 38.1 Å². The molecule has 0 spiro atoms. The zero-order valence-corrected chi connectivity index (χ0v) is 18.3. The van der Waals surface area contributed by atoms with E-state index in [2.05, 4.69) is 47.5 Å². The number of carbonyl (C=O) groups excluding carboxylic acids is 1. The fourth-order valence-corrected chi connectivity index (χ4v) is 3.18. The lowest BCUT2D eigenvalue weighted by Gasteiger charge is -2.23. The fourth-order valence-electron chi connectivity index (χ4n) is 3.18. The lowest BCUT2D eigenvalue weighted by atomic mass is 10.1. The first-order chi connectivity index (χ1) is 14.0. The lowest BCUT2D eigenvalue weighted by molar-refractivity contribution is -0.123. The molecule has 0 aliphatic rings. The Morgan fingerprint density at radius 1 is 1.00 bits per heavy atom. The first-order valence-electron chi connectivity index (χ1n) is 10.3. The van der Waals surface area contributed by atoms with E-state index >= 15 is 0 Å². The van der Waals surface area contributed by atoms with Crippen LogP contribution in [0.25, 0.3) is 0 Å². The van der Waals surface area contributed by atoms with Crippen molar-refractivity contribution in [3.8, 4) is 5.75 Å². The predicted octanol–water partition coefficient (Wildman–Crippen LogP) is 4.77. The lowest BCUT2D eigenvalue weighted by Crippen LogP contribution is -2.25. The molecule has 29 heavy (non-hydrogen) atoms. The van der Waals surface area contributed by atoms with Crippen LogP contribution in [0.4, 0.5) is 5.69 Å². The second kappa shape index (κ2) is 11.2. The van der Waals surface area contributed by atoms with Crippen LogP contribution in [0, 0.1) is 20.8 Å². The van der Waals surface area contributed by atoms with Crippen LogP contribution in [-0.4, -0.2) is 31.8 Å². The van der Waals surface area contributed by atoms with Crippen LogP contribution in [0.2, 0.25) is 0 Å². The van der Waals surface area contributed by atoms with Crippen molar-refractivity contribution < 1.29 is 9.53 Å².